The number of allylic oxidation sites excluding steroid dienone is 4. The number of rotatable bonds is 1. The Hall–Kier alpha value is -0.583. The standard InChI is InChI=1S/C12H16As2N2/c13-12(14)7-9(3-6-11(12)16)8-1-4-10(15)5-2-8/h1-6H,7,13-16H2. The van der Waals surface area contributed by atoms with Crippen LogP contribution in [0.2, 0.25) is 2.99 Å². The Morgan fingerprint density at radius 3 is 2.19 bits per heavy atom. The van der Waals surface area contributed by atoms with Crippen molar-refractivity contribution in [1.82, 2.24) is 0 Å². The van der Waals surface area contributed by atoms with Crippen molar-refractivity contribution >= 4 is 45.0 Å². The van der Waals surface area contributed by atoms with Crippen LogP contribution in [0, 0.1) is 0 Å². The molecule has 4 heteroatoms. The normalized spacial score (nSPS) is 18.9. The molecule has 84 valence electrons. The molecule has 1 aromatic rings. The molecule has 0 fully saturated rings. The van der Waals surface area contributed by atoms with Crippen molar-refractivity contribution in [3.05, 3.63) is 47.7 Å². The molecule has 4 N–H and O–H groups in total. The zero-order valence-corrected chi connectivity index (χ0v) is 13.8. The second-order valence-corrected chi connectivity index (χ2v) is 11.4. The van der Waals surface area contributed by atoms with Crippen LogP contribution in [0.3, 0.4) is 0 Å². The van der Waals surface area contributed by atoms with Crippen molar-refractivity contribution in [3.8, 4) is 0 Å². The van der Waals surface area contributed by atoms with Gasteiger partial charge in [0.1, 0.15) is 0 Å². The zero-order valence-electron chi connectivity index (χ0n) is 8.98. The van der Waals surface area contributed by atoms with Crippen LogP contribution in [0.4, 0.5) is 5.69 Å². The Morgan fingerprint density at radius 1 is 1.00 bits per heavy atom. The topological polar surface area (TPSA) is 52.0 Å². The van der Waals surface area contributed by atoms with Gasteiger partial charge in [0.15, 0.2) is 0 Å². The third-order valence-corrected chi connectivity index (χ3v) is 5.02. The summed E-state index contributed by atoms with van der Waals surface area (Å²) in [5.74, 6) is 0. The minimum atomic E-state index is 0.172. The molecule has 2 unspecified atom stereocenters. The number of nitrogens with two attached hydrogens (primary N) is 2. The molecule has 0 spiro atoms. The maximum absolute atomic E-state index is 6.00. The fourth-order valence-corrected chi connectivity index (χ4v) is 3.04. The second kappa shape index (κ2) is 4.35. The predicted molar refractivity (Wildman–Crippen MR) is 75.5 cm³/mol. The van der Waals surface area contributed by atoms with E-state index in [1.807, 2.05) is 18.2 Å². The fraction of sp³-hybridized carbons (Fsp3) is 0.167. The number of benzene rings is 1. The van der Waals surface area contributed by atoms with Crippen LogP contribution in [0.1, 0.15) is 12.0 Å². The first-order chi connectivity index (χ1) is 7.49. The van der Waals surface area contributed by atoms with Gasteiger partial charge in [-0.1, -0.05) is 0 Å². The number of nitrogen functional groups attached to an aromatic ring is 1. The quantitative estimate of drug-likeness (QED) is 0.571. The summed E-state index contributed by atoms with van der Waals surface area (Å²) in [7, 11) is 0. The summed E-state index contributed by atoms with van der Waals surface area (Å²) in [5, 5.41) is 0. The summed E-state index contributed by atoms with van der Waals surface area (Å²) < 4.78 is 0.172. The van der Waals surface area contributed by atoms with Crippen LogP contribution in [-0.2, 0) is 0 Å². The van der Waals surface area contributed by atoms with E-state index in [9.17, 15) is 0 Å². The summed E-state index contributed by atoms with van der Waals surface area (Å²) in [6.07, 6.45) is 5.19. The summed E-state index contributed by atoms with van der Waals surface area (Å²) in [6, 6.07) is 8.04. The third-order valence-electron chi connectivity index (χ3n) is 2.77. The van der Waals surface area contributed by atoms with E-state index in [1.54, 1.807) is 33.7 Å². The molecule has 1 aliphatic carbocycles. The average molecular weight is 338 g/mol. The van der Waals surface area contributed by atoms with Gasteiger partial charge in [0.2, 0.25) is 0 Å². The van der Waals surface area contributed by atoms with Gasteiger partial charge in [-0.05, 0) is 0 Å². The van der Waals surface area contributed by atoms with Crippen LogP contribution in [-0.4, -0.2) is 33.7 Å². The molecule has 0 aromatic heterocycles. The van der Waals surface area contributed by atoms with Gasteiger partial charge in [-0.3, -0.25) is 0 Å². The van der Waals surface area contributed by atoms with E-state index in [-0.39, 0.29) is 2.99 Å². The Bertz CT molecular complexity index is 458. The first-order valence-electron chi connectivity index (χ1n) is 5.09. The van der Waals surface area contributed by atoms with Crippen LogP contribution >= 0.6 is 0 Å². The Balaban J connectivity index is 2.34. The van der Waals surface area contributed by atoms with Crippen molar-refractivity contribution < 1.29 is 0 Å². The molecular weight excluding hydrogens is 322 g/mol. The Kier molecular flexibility index (Phi) is 3.23. The van der Waals surface area contributed by atoms with Crippen molar-refractivity contribution in [2.45, 2.75) is 9.41 Å². The zero-order chi connectivity index (χ0) is 11.8. The molecule has 0 amide bonds. The van der Waals surface area contributed by atoms with Gasteiger partial charge >= 0.3 is 114 Å². The van der Waals surface area contributed by atoms with Crippen LogP contribution in [0.5, 0.6) is 0 Å². The van der Waals surface area contributed by atoms with E-state index < -0.39 is 0 Å². The number of hydrogen-bond acceptors (Lipinski definition) is 2. The molecule has 0 radical (unpaired) electrons. The van der Waals surface area contributed by atoms with Crippen molar-refractivity contribution in [2.24, 2.45) is 5.73 Å². The summed E-state index contributed by atoms with van der Waals surface area (Å²) in [4.78, 5) is 0. The summed E-state index contributed by atoms with van der Waals surface area (Å²) in [6.45, 7) is 0. The molecule has 1 aromatic carbocycles. The molecule has 1 aliphatic rings. The maximum atomic E-state index is 6.00. The SMILES string of the molecule is NC1=CC=C(c2ccc(N)cc2)CC1([AsH2])[AsH2]. The molecule has 2 nitrogen and oxygen atoms in total. The van der Waals surface area contributed by atoms with E-state index in [1.165, 1.54) is 11.1 Å². The van der Waals surface area contributed by atoms with Gasteiger partial charge in [0.05, 0.1) is 0 Å². The van der Waals surface area contributed by atoms with Crippen molar-refractivity contribution in [3.63, 3.8) is 0 Å². The average Bonchev–Trinajstić information content (AvgIpc) is 2.23. The Labute approximate surface area is 113 Å². The number of anilines is 1. The van der Waals surface area contributed by atoms with E-state index in [0.29, 0.717) is 0 Å². The molecule has 0 saturated carbocycles. The van der Waals surface area contributed by atoms with Gasteiger partial charge in [-0.25, -0.2) is 0 Å². The van der Waals surface area contributed by atoms with E-state index in [0.717, 1.165) is 17.8 Å². The monoisotopic (exact) mass is 338 g/mol. The Morgan fingerprint density at radius 2 is 1.62 bits per heavy atom. The predicted octanol–water partition coefficient (Wildman–Crippen LogP) is 0.281. The molecule has 0 aliphatic heterocycles. The van der Waals surface area contributed by atoms with E-state index >= 15 is 0 Å². The van der Waals surface area contributed by atoms with Crippen molar-refractivity contribution in [1.29, 1.82) is 0 Å². The van der Waals surface area contributed by atoms with Crippen LogP contribution < -0.4 is 11.5 Å². The summed E-state index contributed by atoms with van der Waals surface area (Å²) in [5.41, 5.74) is 16.1. The van der Waals surface area contributed by atoms with Crippen LogP contribution in [0.25, 0.3) is 5.57 Å². The molecule has 0 bridgehead atoms. The van der Waals surface area contributed by atoms with Gasteiger partial charge < -0.3 is 0 Å². The third kappa shape index (κ3) is 2.39. The van der Waals surface area contributed by atoms with Crippen LogP contribution in [0.15, 0.2) is 42.1 Å². The van der Waals surface area contributed by atoms with Gasteiger partial charge in [-0.2, -0.15) is 0 Å². The molecule has 16 heavy (non-hydrogen) atoms. The van der Waals surface area contributed by atoms with Crippen molar-refractivity contribution in [2.75, 3.05) is 5.73 Å². The van der Waals surface area contributed by atoms with Gasteiger partial charge in [0, 0.05) is 0 Å². The molecule has 0 saturated heterocycles. The van der Waals surface area contributed by atoms with E-state index in [4.69, 9.17) is 11.5 Å². The fourth-order valence-electron chi connectivity index (χ4n) is 1.72. The molecular formula is C12H16As2N2. The first kappa shape index (κ1) is 11.9. The van der Waals surface area contributed by atoms with E-state index in [2.05, 4.69) is 18.2 Å². The van der Waals surface area contributed by atoms with Gasteiger partial charge in [0.25, 0.3) is 0 Å². The molecule has 0 heterocycles. The molecule has 2 atom stereocenters. The summed E-state index contributed by atoms with van der Waals surface area (Å²) >= 11 is 3.41. The van der Waals surface area contributed by atoms with Gasteiger partial charge in [-0.15, -0.1) is 0 Å². The molecule has 2 rings (SSSR count). The second-order valence-electron chi connectivity index (χ2n) is 4.15. The minimum absolute atomic E-state index is 0.172. The first-order valence-corrected chi connectivity index (χ1v) is 7.52. The number of hydrogen-bond donors (Lipinski definition) is 2.